The number of hydrogen-bond acceptors (Lipinski definition) is 6. The zero-order valence-corrected chi connectivity index (χ0v) is 11.0. The topological polar surface area (TPSA) is 96.2 Å². The van der Waals surface area contributed by atoms with Gasteiger partial charge < -0.3 is 15.6 Å². The molecule has 0 aliphatic rings. The molecule has 1 atom stereocenters. The van der Waals surface area contributed by atoms with Crippen molar-refractivity contribution in [2.45, 2.75) is 26.8 Å². The minimum atomic E-state index is -0.342. The summed E-state index contributed by atoms with van der Waals surface area (Å²) >= 11 is 0. The van der Waals surface area contributed by atoms with Gasteiger partial charge in [0.2, 0.25) is 5.91 Å². The van der Waals surface area contributed by atoms with E-state index in [-0.39, 0.29) is 11.9 Å². The predicted molar refractivity (Wildman–Crippen MR) is 70.9 cm³/mol. The maximum atomic E-state index is 12.0. The molecule has 0 spiro atoms. The standard InChI is InChI=1S/C11H20N6O/c1-4-17(5-2)11(18)8(3)15-9-6-10(16-12)14-7-13-9/h6-8H,4-5,12H2,1-3H3,(H2,13,14,15,16). The summed E-state index contributed by atoms with van der Waals surface area (Å²) in [4.78, 5) is 21.7. The minimum absolute atomic E-state index is 0.0425. The minimum Gasteiger partial charge on any atom is -0.358 e. The Hall–Kier alpha value is -1.89. The van der Waals surface area contributed by atoms with Gasteiger partial charge in [0, 0.05) is 19.2 Å². The molecular formula is C11H20N6O. The second-order valence-electron chi connectivity index (χ2n) is 3.81. The number of hydrogen-bond donors (Lipinski definition) is 3. The van der Waals surface area contributed by atoms with Crippen molar-refractivity contribution < 1.29 is 4.79 Å². The summed E-state index contributed by atoms with van der Waals surface area (Å²) in [6, 6.07) is 1.30. The third kappa shape index (κ3) is 3.56. The largest absolute Gasteiger partial charge is 0.358 e. The lowest BCUT2D eigenvalue weighted by molar-refractivity contribution is -0.131. The molecule has 0 saturated heterocycles. The van der Waals surface area contributed by atoms with Gasteiger partial charge in [0.15, 0.2) is 0 Å². The van der Waals surface area contributed by atoms with Crippen LogP contribution in [0.1, 0.15) is 20.8 Å². The fraction of sp³-hybridized carbons (Fsp3) is 0.545. The van der Waals surface area contributed by atoms with Crippen LogP contribution in [0.2, 0.25) is 0 Å². The van der Waals surface area contributed by atoms with Crippen LogP contribution in [0.5, 0.6) is 0 Å². The highest BCUT2D eigenvalue weighted by Gasteiger charge is 2.18. The Morgan fingerprint density at radius 2 is 2.00 bits per heavy atom. The average Bonchev–Trinajstić information content (AvgIpc) is 2.40. The summed E-state index contributed by atoms with van der Waals surface area (Å²) in [5, 5.41) is 3.03. The number of carbonyl (C=O) groups excluding carboxylic acids is 1. The lowest BCUT2D eigenvalue weighted by Crippen LogP contribution is -2.41. The molecule has 7 nitrogen and oxygen atoms in total. The number of amides is 1. The van der Waals surface area contributed by atoms with E-state index in [0.717, 1.165) is 0 Å². The van der Waals surface area contributed by atoms with Gasteiger partial charge in [0.25, 0.3) is 0 Å². The maximum absolute atomic E-state index is 12.0. The zero-order chi connectivity index (χ0) is 13.5. The van der Waals surface area contributed by atoms with E-state index >= 15 is 0 Å². The molecule has 4 N–H and O–H groups in total. The van der Waals surface area contributed by atoms with E-state index in [0.29, 0.717) is 24.7 Å². The van der Waals surface area contributed by atoms with Crippen molar-refractivity contribution in [1.29, 1.82) is 0 Å². The van der Waals surface area contributed by atoms with Gasteiger partial charge in [-0.05, 0) is 20.8 Å². The van der Waals surface area contributed by atoms with Crippen LogP contribution in [0.25, 0.3) is 0 Å². The smallest absolute Gasteiger partial charge is 0.244 e. The van der Waals surface area contributed by atoms with Crippen molar-refractivity contribution in [1.82, 2.24) is 14.9 Å². The van der Waals surface area contributed by atoms with E-state index < -0.39 is 0 Å². The van der Waals surface area contributed by atoms with E-state index in [1.54, 1.807) is 17.9 Å². The highest BCUT2D eigenvalue weighted by molar-refractivity contribution is 5.84. The number of hydrazine groups is 1. The number of nitrogen functional groups attached to an aromatic ring is 1. The normalized spacial score (nSPS) is 11.8. The van der Waals surface area contributed by atoms with Crippen LogP contribution in [-0.2, 0) is 4.79 Å². The second kappa shape index (κ2) is 6.75. The molecule has 1 heterocycles. The molecule has 0 aliphatic heterocycles. The summed E-state index contributed by atoms with van der Waals surface area (Å²) in [5.74, 6) is 6.36. The number of anilines is 2. The Kier molecular flexibility index (Phi) is 5.31. The number of nitrogens with one attached hydrogen (secondary N) is 2. The summed E-state index contributed by atoms with van der Waals surface area (Å²) in [6.45, 7) is 7.10. The Balaban J connectivity index is 2.68. The molecule has 0 bridgehead atoms. The molecular weight excluding hydrogens is 232 g/mol. The molecule has 1 rings (SSSR count). The first-order valence-electron chi connectivity index (χ1n) is 5.96. The van der Waals surface area contributed by atoms with Crippen LogP contribution < -0.4 is 16.6 Å². The zero-order valence-electron chi connectivity index (χ0n) is 11.0. The van der Waals surface area contributed by atoms with Crippen molar-refractivity contribution in [3.8, 4) is 0 Å². The lowest BCUT2D eigenvalue weighted by Gasteiger charge is -2.23. The monoisotopic (exact) mass is 252 g/mol. The van der Waals surface area contributed by atoms with Crippen molar-refractivity contribution in [3.63, 3.8) is 0 Å². The van der Waals surface area contributed by atoms with E-state index in [2.05, 4.69) is 20.7 Å². The molecule has 1 aromatic heterocycles. The first kappa shape index (κ1) is 14.2. The first-order valence-corrected chi connectivity index (χ1v) is 5.96. The predicted octanol–water partition coefficient (Wildman–Crippen LogP) is 0.431. The highest BCUT2D eigenvalue weighted by atomic mass is 16.2. The summed E-state index contributed by atoms with van der Waals surface area (Å²) in [6.07, 6.45) is 1.38. The van der Waals surface area contributed by atoms with Gasteiger partial charge >= 0.3 is 0 Å². The molecule has 0 fully saturated rings. The number of likely N-dealkylation sites (N-methyl/N-ethyl adjacent to an activating group) is 1. The molecule has 18 heavy (non-hydrogen) atoms. The van der Waals surface area contributed by atoms with Gasteiger partial charge in [-0.3, -0.25) is 4.79 Å². The van der Waals surface area contributed by atoms with Crippen molar-refractivity contribution in [3.05, 3.63) is 12.4 Å². The fourth-order valence-corrected chi connectivity index (χ4v) is 1.61. The number of rotatable bonds is 6. The molecule has 7 heteroatoms. The molecule has 0 aliphatic carbocycles. The first-order chi connectivity index (χ1) is 8.62. The van der Waals surface area contributed by atoms with Crippen LogP contribution in [-0.4, -0.2) is 39.9 Å². The molecule has 1 aromatic rings. The van der Waals surface area contributed by atoms with Gasteiger partial charge in [0.1, 0.15) is 24.0 Å². The average molecular weight is 252 g/mol. The van der Waals surface area contributed by atoms with Crippen molar-refractivity contribution >= 4 is 17.5 Å². The lowest BCUT2D eigenvalue weighted by atomic mass is 10.2. The Morgan fingerprint density at radius 1 is 1.39 bits per heavy atom. The van der Waals surface area contributed by atoms with E-state index in [1.165, 1.54) is 6.33 Å². The van der Waals surface area contributed by atoms with Crippen molar-refractivity contribution in [2.24, 2.45) is 5.84 Å². The molecule has 0 saturated carbocycles. The van der Waals surface area contributed by atoms with Crippen LogP contribution >= 0.6 is 0 Å². The summed E-state index contributed by atoms with van der Waals surface area (Å²) < 4.78 is 0. The maximum Gasteiger partial charge on any atom is 0.244 e. The Morgan fingerprint density at radius 3 is 2.56 bits per heavy atom. The second-order valence-corrected chi connectivity index (χ2v) is 3.81. The third-order valence-electron chi connectivity index (χ3n) is 2.62. The molecule has 1 unspecified atom stereocenters. The summed E-state index contributed by atoms with van der Waals surface area (Å²) in [5.41, 5.74) is 2.43. The summed E-state index contributed by atoms with van der Waals surface area (Å²) in [7, 11) is 0. The SMILES string of the molecule is CCN(CC)C(=O)C(C)Nc1cc(NN)ncn1. The van der Waals surface area contributed by atoms with Gasteiger partial charge in [-0.2, -0.15) is 0 Å². The Labute approximate surface area is 107 Å². The van der Waals surface area contributed by atoms with Gasteiger partial charge in [-0.1, -0.05) is 0 Å². The van der Waals surface area contributed by atoms with Crippen molar-refractivity contribution in [2.75, 3.05) is 23.8 Å². The van der Waals surface area contributed by atoms with Crippen LogP contribution in [0, 0.1) is 0 Å². The van der Waals surface area contributed by atoms with Gasteiger partial charge in [0.05, 0.1) is 0 Å². The van der Waals surface area contributed by atoms with Gasteiger partial charge in [-0.25, -0.2) is 15.8 Å². The van der Waals surface area contributed by atoms with Crippen LogP contribution in [0.15, 0.2) is 12.4 Å². The number of carbonyl (C=O) groups is 1. The molecule has 0 aromatic carbocycles. The highest BCUT2D eigenvalue weighted by Crippen LogP contribution is 2.09. The number of nitrogens with two attached hydrogens (primary N) is 1. The molecule has 100 valence electrons. The van der Waals surface area contributed by atoms with E-state index in [1.807, 2.05) is 13.8 Å². The van der Waals surface area contributed by atoms with E-state index in [4.69, 9.17) is 5.84 Å². The Bertz CT molecular complexity index is 393. The third-order valence-corrected chi connectivity index (χ3v) is 2.62. The molecule has 1 amide bonds. The van der Waals surface area contributed by atoms with Crippen LogP contribution in [0.3, 0.4) is 0 Å². The number of aromatic nitrogens is 2. The number of nitrogens with zero attached hydrogens (tertiary/aromatic N) is 3. The van der Waals surface area contributed by atoms with Crippen LogP contribution in [0.4, 0.5) is 11.6 Å². The fourth-order valence-electron chi connectivity index (χ4n) is 1.61. The quantitative estimate of drug-likeness (QED) is 0.502. The molecule has 0 radical (unpaired) electrons. The van der Waals surface area contributed by atoms with Gasteiger partial charge in [-0.15, -0.1) is 0 Å². The van der Waals surface area contributed by atoms with E-state index in [9.17, 15) is 4.79 Å².